The van der Waals surface area contributed by atoms with E-state index in [2.05, 4.69) is 63.1 Å². The summed E-state index contributed by atoms with van der Waals surface area (Å²) < 4.78 is 0. The molecule has 2 rings (SSSR count). The van der Waals surface area contributed by atoms with Gasteiger partial charge in [0.15, 0.2) is 0 Å². The fourth-order valence-electron chi connectivity index (χ4n) is 3.35. The van der Waals surface area contributed by atoms with Crippen LogP contribution < -0.4 is 11.1 Å². The van der Waals surface area contributed by atoms with Crippen LogP contribution in [-0.2, 0) is 6.54 Å². The first-order valence-electron chi connectivity index (χ1n) is 9.96. The highest BCUT2D eigenvalue weighted by Crippen LogP contribution is 2.41. The molecule has 0 spiro atoms. The van der Waals surface area contributed by atoms with Crippen LogP contribution in [0.25, 0.3) is 0 Å². The summed E-state index contributed by atoms with van der Waals surface area (Å²) in [6.45, 7) is 11.8. The lowest BCUT2D eigenvalue weighted by Crippen LogP contribution is -2.29. The zero-order valence-corrected chi connectivity index (χ0v) is 16.4. The summed E-state index contributed by atoms with van der Waals surface area (Å²) in [4.78, 5) is 0. The molecular formula is C23H36N2. The Balaban J connectivity index is 2.00. The average Bonchev–Trinajstić information content (AvgIpc) is 3.44. The predicted molar refractivity (Wildman–Crippen MR) is 109 cm³/mol. The van der Waals surface area contributed by atoms with Crippen molar-refractivity contribution in [3.8, 4) is 0 Å². The van der Waals surface area contributed by atoms with Crippen LogP contribution in [0.4, 0.5) is 0 Å². The Morgan fingerprint density at radius 3 is 2.56 bits per heavy atom. The van der Waals surface area contributed by atoms with E-state index in [4.69, 9.17) is 5.73 Å². The molecule has 1 aromatic carbocycles. The van der Waals surface area contributed by atoms with Gasteiger partial charge in [0, 0.05) is 18.5 Å². The van der Waals surface area contributed by atoms with Gasteiger partial charge in [-0.3, -0.25) is 0 Å². The molecule has 2 atom stereocenters. The molecule has 0 bridgehead atoms. The minimum absolute atomic E-state index is 0.127. The topological polar surface area (TPSA) is 38.0 Å². The SMILES string of the molecule is C=C(C1CC1)C(C)/C(=C/NCc1ccc(C)cc1)C(N)CCCCC. The minimum atomic E-state index is 0.127. The van der Waals surface area contributed by atoms with E-state index in [9.17, 15) is 0 Å². The van der Waals surface area contributed by atoms with Crippen molar-refractivity contribution >= 4 is 0 Å². The summed E-state index contributed by atoms with van der Waals surface area (Å²) in [5, 5.41) is 3.50. The number of nitrogens with one attached hydrogen (secondary N) is 1. The van der Waals surface area contributed by atoms with Crippen LogP contribution in [0, 0.1) is 18.8 Å². The fourth-order valence-corrected chi connectivity index (χ4v) is 3.35. The van der Waals surface area contributed by atoms with E-state index in [1.165, 1.54) is 54.4 Å². The Morgan fingerprint density at radius 1 is 1.28 bits per heavy atom. The maximum Gasteiger partial charge on any atom is 0.0395 e. The van der Waals surface area contributed by atoms with Crippen molar-refractivity contribution in [3.05, 3.63) is 59.3 Å². The molecule has 2 unspecified atom stereocenters. The normalized spacial score (nSPS) is 17.2. The molecule has 0 aromatic heterocycles. The van der Waals surface area contributed by atoms with Gasteiger partial charge in [-0.25, -0.2) is 0 Å². The van der Waals surface area contributed by atoms with Crippen molar-refractivity contribution < 1.29 is 0 Å². The van der Waals surface area contributed by atoms with Crippen LogP contribution in [0.15, 0.2) is 48.2 Å². The second-order valence-electron chi connectivity index (χ2n) is 7.68. The van der Waals surface area contributed by atoms with Crippen molar-refractivity contribution in [1.29, 1.82) is 0 Å². The zero-order chi connectivity index (χ0) is 18.2. The molecule has 1 fully saturated rings. The van der Waals surface area contributed by atoms with Gasteiger partial charge < -0.3 is 11.1 Å². The second kappa shape index (κ2) is 9.82. The summed E-state index contributed by atoms with van der Waals surface area (Å²) in [5.74, 6) is 1.09. The number of unbranched alkanes of at least 4 members (excludes halogenated alkanes) is 2. The maximum absolute atomic E-state index is 6.57. The highest BCUT2D eigenvalue weighted by Gasteiger charge is 2.30. The Labute approximate surface area is 154 Å². The van der Waals surface area contributed by atoms with Gasteiger partial charge in [0.05, 0.1) is 0 Å². The molecule has 1 aromatic rings. The van der Waals surface area contributed by atoms with E-state index in [1.54, 1.807) is 0 Å². The lowest BCUT2D eigenvalue weighted by atomic mass is 9.85. The van der Waals surface area contributed by atoms with Crippen molar-refractivity contribution in [1.82, 2.24) is 5.32 Å². The summed E-state index contributed by atoms with van der Waals surface area (Å²) in [6, 6.07) is 8.82. The average molecular weight is 341 g/mol. The third-order valence-electron chi connectivity index (χ3n) is 5.40. The molecule has 1 aliphatic carbocycles. The summed E-state index contributed by atoms with van der Waals surface area (Å²) in [7, 11) is 0. The number of hydrogen-bond donors (Lipinski definition) is 2. The monoisotopic (exact) mass is 340 g/mol. The molecule has 1 aliphatic rings. The van der Waals surface area contributed by atoms with E-state index in [-0.39, 0.29) is 6.04 Å². The van der Waals surface area contributed by atoms with E-state index in [0.717, 1.165) is 18.9 Å². The summed E-state index contributed by atoms with van der Waals surface area (Å²) in [6.07, 6.45) is 9.55. The van der Waals surface area contributed by atoms with Crippen LogP contribution in [0.3, 0.4) is 0 Å². The van der Waals surface area contributed by atoms with Crippen molar-refractivity contribution in [2.75, 3.05) is 0 Å². The molecule has 0 heterocycles. The van der Waals surface area contributed by atoms with Gasteiger partial charge >= 0.3 is 0 Å². The van der Waals surface area contributed by atoms with Crippen LogP contribution in [0.1, 0.15) is 63.5 Å². The lowest BCUT2D eigenvalue weighted by Gasteiger charge is -2.24. The van der Waals surface area contributed by atoms with Crippen LogP contribution in [-0.4, -0.2) is 6.04 Å². The molecule has 2 nitrogen and oxygen atoms in total. The molecule has 0 aliphatic heterocycles. The smallest absolute Gasteiger partial charge is 0.0395 e. The molecule has 0 radical (unpaired) electrons. The number of rotatable bonds is 11. The summed E-state index contributed by atoms with van der Waals surface area (Å²) >= 11 is 0. The lowest BCUT2D eigenvalue weighted by molar-refractivity contribution is 0.557. The highest BCUT2D eigenvalue weighted by atomic mass is 14.8. The van der Waals surface area contributed by atoms with Crippen molar-refractivity contribution in [3.63, 3.8) is 0 Å². The number of aryl methyl sites for hydroxylation is 1. The van der Waals surface area contributed by atoms with Gasteiger partial charge in [0.25, 0.3) is 0 Å². The molecule has 0 saturated heterocycles. The third-order valence-corrected chi connectivity index (χ3v) is 5.40. The largest absolute Gasteiger partial charge is 0.387 e. The van der Waals surface area contributed by atoms with Gasteiger partial charge in [0.2, 0.25) is 0 Å². The predicted octanol–water partition coefficient (Wildman–Crippen LogP) is 5.48. The van der Waals surface area contributed by atoms with E-state index >= 15 is 0 Å². The molecule has 0 amide bonds. The van der Waals surface area contributed by atoms with Gasteiger partial charge in [-0.15, -0.1) is 0 Å². The number of allylic oxidation sites excluding steroid dienone is 1. The Kier molecular flexibility index (Phi) is 7.77. The number of hydrogen-bond acceptors (Lipinski definition) is 2. The van der Waals surface area contributed by atoms with Crippen LogP contribution >= 0.6 is 0 Å². The van der Waals surface area contributed by atoms with Gasteiger partial charge in [-0.2, -0.15) is 0 Å². The quantitative estimate of drug-likeness (QED) is 0.413. The first-order chi connectivity index (χ1) is 12.0. The summed E-state index contributed by atoms with van der Waals surface area (Å²) in [5.41, 5.74) is 11.9. The van der Waals surface area contributed by atoms with Crippen LogP contribution in [0.5, 0.6) is 0 Å². The van der Waals surface area contributed by atoms with Gasteiger partial charge in [-0.1, -0.05) is 75.1 Å². The molecule has 3 N–H and O–H groups in total. The molecule has 2 heteroatoms. The van der Waals surface area contributed by atoms with E-state index in [1.807, 2.05) is 0 Å². The Morgan fingerprint density at radius 2 is 1.96 bits per heavy atom. The van der Waals surface area contributed by atoms with Crippen molar-refractivity contribution in [2.45, 2.75) is 71.9 Å². The van der Waals surface area contributed by atoms with Crippen LogP contribution in [0.2, 0.25) is 0 Å². The standard InChI is InChI=1S/C23H36N2/c1-5-6-7-8-23(24)22(19(4)18(3)21-13-14-21)16-25-15-20-11-9-17(2)10-12-20/h9-12,16,19,21,23,25H,3,5-8,13-15,24H2,1-2,4H3/b22-16-. The van der Waals surface area contributed by atoms with Gasteiger partial charge in [0.1, 0.15) is 0 Å². The maximum atomic E-state index is 6.57. The number of nitrogens with two attached hydrogens (primary N) is 1. The fraction of sp³-hybridized carbons (Fsp3) is 0.565. The Hall–Kier alpha value is -1.54. The molecule has 1 saturated carbocycles. The van der Waals surface area contributed by atoms with Crippen molar-refractivity contribution in [2.24, 2.45) is 17.6 Å². The first-order valence-corrected chi connectivity index (χ1v) is 9.96. The highest BCUT2D eigenvalue weighted by molar-refractivity contribution is 5.26. The molecular weight excluding hydrogens is 304 g/mol. The second-order valence-corrected chi connectivity index (χ2v) is 7.68. The van der Waals surface area contributed by atoms with E-state index < -0.39 is 0 Å². The zero-order valence-electron chi connectivity index (χ0n) is 16.4. The van der Waals surface area contributed by atoms with E-state index in [0.29, 0.717) is 5.92 Å². The molecule has 25 heavy (non-hydrogen) atoms. The number of benzene rings is 1. The minimum Gasteiger partial charge on any atom is -0.387 e. The van der Waals surface area contributed by atoms with Gasteiger partial charge in [-0.05, 0) is 49.4 Å². The first kappa shape index (κ1) is 19.8. The Bertz CT molecular complexity index is 566. The molecule has 138 valence electrons. The third kappa shape index (κ3) is 6.36.